The van der Waals surface area contributed by atoms with Crippen LogP contribution in [-0.2, 0) is 4.79 Å². The van der Waals surface area contributed by atoms with Crippen LogP contribution < -0.4 is 5.32 Å². The quantitative estimate of drug-likeness (QED) is 0.833. The van der Waals surface area contributed by atoms with Crippen molar-refractivity contribution >= 4 is 23.2 Å². The van der Waals surface area contributed by atoms with Crippen LogP contribution in [0.3, 0.4) is 0 Å². The van der Waals surface area contributed by atoms with Gasteiger partial charge in [-0.3, -0.25) is 9.69 Å². The van der Waals surface area contributed by atoms with Gasteiger partial charge in [-0.2, -0.15) is 13.2 Å². The van der Waals surface area contributed by atoms with Gasteiger partial charge in [-0.1, -0.05) is 11.6 Å². The molecule has 122 valence electrons. The molecule has 0 bridgehead atoms. The first-order chi connectivity index (χ1) is 10.3. The fraction of sp³-hybridized carbons (Fsp3) is 0.500. The standard InChI is InChI=1S/C14H16ClF3N2O2/c15-10-1-2-12(21)11(7-10)19-13(22)8-20-5-3-9(4-6-20)14(16,17)18/h1-2,7,9,21H,3-6,8H2,(H,19,22). The average molecular weight is 337 g/mol. The van der Waals surface area contributed by atoms with Crippen molar-refractivity contribution in [2.45, 2.75) is 19.0 Å². The minimum absolute atomic E-state index is 0.000798. The molecule has 0 unspecified atom stereocenters. The number of piperidine rings is 1. The van der Waals surface area contributed by atoms with Crippen molar-refractivity contribution in [1.82, 2.24) is 4.90 Å². The predicted octanol–water partition coefficient (Wildman–Crippen LogP) is 3.26. The Morgan fingerprint density at radius 3 is 2.59 bits per heavy atom. The summed E-state index contributed by atoms with van der Waals surface area (Å²) in [5.74, 6) is -1.81. The number of anilines is 1. The van der Waals surface area contributed by atoms with Crippen LogP contribution in [0.15, 0.2) is 18.2 Å². The first kappa shape index (κ1) is 16.9. The van der Waals surface area contributed by atoms with Crippen molar-refractivity contribution in [2.75, 3.05) is 25.0 Å². The van der Waals surface area contributed by atoms with E-state index in [4.69, 9.17) is 11.6 Å². The molecule has 0 spiro atoms. The molecule has 0 radical (unpaired) electrons. The van der Waals surface area contributed by atoms with Crippen molar-refractivity contribution < 1.29 is 23.1 Å². The Bertz CT molecular complexity index is 543. The second-order valence-electron chi connectivity index (χ2n) is 5.30. The van der Waals surface area contributed by atoms with Gasteiger partial charge in [0.15, 0.2) is 0 Å². The molecule has 2 N–H and O–H groups in total. The van der Waals surface area contributed by atoms with Gasteiger partial charge in [-0.05, 0) is 44.1 Å². The number of rotatable bonds is 3. The highest BCUT2D eigenvalue weighted by atomic mass is 35.5. The minimum Gasteiger partial charge on any atom is -0.506 e. The number of halogens is 4. The van der Waals surface area contributed by atoms with Gasteiger partial charge in [0.25, 0.3) is 0 Å². The molecule has 1 saturated heterocycles. The zero-order chi connectivity index (χ0) is 16.3. The summed E-state index contributed by atoms with van der Waals surface area (Å²) in [5, 5.41) is 12.5. The maximum atomic E-state index is 12.6. The van der Waals surface area contributed by atoms with Crippen LogP contribution in [0.5, 0.6) is 5.75 Å². The molecular weight excluding hydrogens is 321 g/mol. The molecule has 1 heterocycles. The molecule has 1 aliphatic rings. The Labute approximate surface area is 130 Å². The van der Waals surface area contributed by atoms with E-state index in [1.165, 1.54) is 18.2 Å². The summed E-state index contributed by atoms with van der Waals surface area (Å²) in [6.07, 6.45) is -4.17. The number of benzene rings is 1. The zero-order valence-corrected chi connectivity index (χ0v) is 12.4. The molecule has 0 atom stereocenters. The van der Waals surface area contributed by atoms with Crippen LogP contribution in [0.1, 0.15) is 12.8 Å². The van der Waals surface area contributed by atoms with Gasteiger partial charge in [-0.15, -0.1) is 0 Å². The number of carbonyl (C=O) groups excluding carboxylic acids is 1. The van der Waals surface area contributed by atoms with Crippen LogP contribution in [0, 0.1) is 5.92 Å². The molecule has 22 heavy (non-hydrogen) atoms. The highest BCUT2D eigenvalue weighted by molar-refractivity contribution is 6.31. The molecule has 2 rings (SSSR count). The summed E-state index contributed by atoms with van der Waals surface area (Å²) in [6.45, 7) is 0.425. The molecule has 1 aromatic rings. The lowest BCUT2D eigenvalue weighted by Gasteiger charge is -2.32. The third-order valence-corrected chi connectivity index (χ3v) is 3.89. The van der Waals surface area contributed by atoms with E-state index >= 15 is 0 Å². The van der Waals surface area contributed by atoms with E-state index in [0.717, 1.165) is 0 Å². The van der Waals surface area contributed by atoms with Crippen molar-refractivity contribution in [2.24, 2.45) is 5.92 Å². The maximum absolute atomic E-state index is 12.6. The summed E-state index contributed by atoms with van der Waals surface area (Å²) < 4.78 is 37.7. The van der Waals surface area contributed by atoms with Gasteiger partial charge in [-0.25, -0.2) is 0 Å². The predicted molar refractivity (Wildman–Crippen MR) is 77.0 cm³/mol. The van der Waals surface area contributed by atoms with Crippen LogP contribution in [-0.4, -0.2) is 41.7 Å². The molecule has 1 aromatic carbocycles. The van der Waals surface area contributed by atoms with Crippen molar-refractivity contribution in [3.05, 3.63) is 23.2 Å². The van der Waals surface area contributed by atoms with Gasteiger partial charge in [0.2, 0.25) is 5.91 Å². The highest BCUT2D eigenvalue weighted by Crippen LogP contribution is 2.34. The lowest BCUT2D eigenvalue weighted by atomic mass is 9.96. The molecule has 1 amide bonds. The van der Waals surface area contributed by atoms with Crippen LogP contribution in [0.25, 0.3) is 0 Å². The third-order valence-electron chi connectivity index (χ3n) is 3.65. The largest absolute Gasteiger partial charge is 0.506 e. The molecule has 8 heteroatoms. The topological polar surface area (TPSA) is 52.6 Å². The van der Waals surface area contributed by atoms with Gasteiger partial charge in [0, 0.05) is 5.02 Å². The molecule has 0 aliphatic carbocycles. The van der Waals surface area contributed by atoms with Gasteiger partial charge >= 0.3 is 6.18 Å². The fourth-order valence-electron chi connectivity index (χ4n) is 2.42. The van der Waals surface area contributed by atoms with Crippen molar-refractivity contribution in [3.63, 3.8) is 0 Å². The van der Waals surface area contributed by atoms with E-state index in [9.17, 15) is 23.1 Å². The lowest BCUT2D eigenvalue weighted by Crippen LogP contribution is -2.42. The number of likely N-dealkylation sites (tertiary alicyclic amines) is 1. The van der Waals surface area contributed by atoms with E-state index in [0.29, 0.717) is 5.02 Å². The number of hydrogen-bond donors (Lipinski definition) is 2. The first-order valence-electron chi connectivity index (χ1n) is 6.83. The first-order valence-corrected chi connectivity index (χ1v) is 7.21. The van der Waals surface area contributed by atoms with E-state index < -0.39 is 18.0 Å². The Morgan fingerprint density at radius 1 is 1.36 bits per heavy atom. The normalized spacial score (nSPS) is 17.5. The third kappa shape index (κ3) is 4.51. The number of alkyl halides is 3. The highest BCUT2D eigenvalue weighted by Gasteiger charge is 2.41. The fourth-order valence-corrected chi connectivity index (χ4v) is 2.59. The lowest BCUT2D eigenvalue weighted by molar-refractivity contribution is -0.184. The maximum Gasteiger partial charge on any atom is 0.391 e. The SMILES string of the molecule is O=C(CN1CCC(C(F)(F)F)CC1)Nc1cc(Cl)ccc1O. The van der Waals surface area contributed by atoms with E-state index in [2.05, 4.69) is 5.32 Å². The second kappa shape index (κ2) is 6.75. The van der Waals surface area contributed by atoms with Crippen LogP contribution in [0.2, 0.25) is 5.02 Å². The number of phenolic OH excluding ortho intramolecular Hbond substituents is 1. The van der Waals surface area contributed by atoms with E-state index in [1.54, 1.807) is 4.90 Å². The van der Waals surface area contributed by atoms with Crippen LogP contribution in [0.4, 0.5) is 18.9 Å². The summed E-state index contributed by atoms with van der Waals surface area (Å²) in [6, 6.07) is 4.24. The van der Waals surface area contributed by atoms with Crippen molar-refractivity contribution in [3.8, 4) is 5.75 Å². The second-order valence-corrected chi connectivity index (χ2v) is 5.74. The number of carbonyl (C=O) groups is 1. The van der Waals surface area contributed by atoms with Gasteiger partial charge in [0.05, 0.1) is 18.2 Å². The number of hydrogen-bond acceptors (Lipinski definition) is 3. The number of phenols is 1. The minimum atomic E-state index is -4.17. The zero-order valence-electron chi connectivity index (χ0n) is 11.7. The Morgan fingerprint density at radius 2 is 2.00 bits per heavy atom. The Hall–Kier alpha value is -1.47. The molecule has 1 fully saturated rings. The number of aromatic hydroxyl groups is 1. The molecular formula is C14H16ClF3N2O2. The van der Waals surface area contributed by atoms with E-state index in [-0.39, 0.29) is 43.9 Å². The van der Waals surface area contributed by atoms with Crippen LogP contribution >= 0.6 is 11.6 Å². The van der Waals surface area contributed by atoms with Crippen molar-refractivity contribution in [1.29, 1.82) is 0 Å². The van der Waals surface area contributed by atoms with Gasteiger partial charge in [0.1, 0.15) is 5.75 Å². The summed E-state index contributed by atoms with van der Waals surface area (Å²) >= 11 is 5.77. The Kier molecular flexibility index (Phi) is 5.18. The summed E-state index contributed by atoms with van der Waals surface area (Å²) in [7, 11) is 0. The number of nitrogens with zero attached hydrogens (tertiary/aromatic N) is 1. The average Bonchev–Trinajstić information content (AvgIpc) is 2.42. The number of amides is 1. The molecule has 0 aromatic heterocycles. The summed E-state index contributed by atoms with van der Waals surface area (Å²) in [4.78, 5) is 13.6. The van der Waals surface area contributed by atoms with E-state index in [1.807, 2.05) is 0 Å². The summed E-state index contributed by atoms with van der Waals surface area (Å²) in [5.41, 5.74) is 0.183. The Balaban J connectivity index is 1.85. The molecule has 0 saturated carbocycles. The number of nitrogens with one attached hydrogen (secondary N) is 1. The molecule has 1 aliphatic heterocycles. The smallest absolute Gasteiger partial charge is 0.391 e. The monoisotopic (exact) mass is 336 g/mol. The van der Waals surface area contributed by atoms with Gasteiger partial charge < -0.3 is 10.4 Å². The molecule has 4 nitrogen and oxygen atoms in total.